The normalized spacial score (nSPS) is 26.6. The molecule has 3 nitrogen and oxygen atoms in total. The van der Waals surface area contributed by atoms with E-state index in [0.717, 1.165) is 26.1 Å². The molecule has 1 rings (SSSR count). The number of aliphatic hydroxyl groups excluding tert-OH is 2. The Kier molecular flexibility index (Phi) is 4.56. The zero-order valence-electron chi connectivity index (χ0n) is 10.2. The summed E-state index contributed by atoms with van der Waals surface area (Å²) in [6.45, 7) is 9.35. The van der Waals surface area contributed by atoms with Gasteiger partial charge in [0.25, 0.3) is 0 Å². The van der Waals surface area contributed by atoms with Crippen LogP contribution in [0.1, 0.15) is 33.6 Å². The van der Waals surface area contributed by atoms with E-state index < -0.39 is 0 Å². The van der Waals surface area contributed by atoms with Crippen molar-refractivity contribution < 1.29 is 10.2 Å². The summed E-state index contributed by atoms with van der Waals surface area (Å²) in [5, 5.41) is 18.8. The molecule has 0 aromatic carbocycles. The quantitative estimate of drug-likeness (QED) is 0.738. The first-order chi connectivity index (χ1) is 6.95. The Bertz CT molecular complexity index is 192. The van der Waals surface area contributed by atoms with Gasteiger partial charge >= 0.3 is 0 Å². The number of hydrogen-bond donors (Lipinski definition) is 2. The number of rotatable bonds is 4. The van der Waals surface area contributed by atoms with Gasteiger partial charge in [0.05, 0.1) is 6.10 Å². The Labute approximate surface area is 93.1 Å². The minimum Gasteiger partial charge on any atom is -0.396 e. The minimum atomic E-state index is -0.285. The zero-order chi connectivity index (χ0) is 11.5. The van der Waals surface area contributed by atoms with Crippen LogP contribution in [0.4, 0.5) is 0 Å². The first-order valence-corrected chi connectivity index (χ1v) is 5.97. The topological polar surface area (TPSA) is 43.7 Å². The number of likely N-dealkylation sites (tertiary alicyclic amines) is 1. The van der Waals surface area contributed by atoms with Gasteiger partial charge in [-0.2, -0.15) is 0 Å². The van der Waals surface area contributed by atoms with E-state index in [-0.39, 0.29) is 11.5 Å². The highest BCUT2D eigenvalue weighted by atomic mass is 16.3. The van der Waals surface area contributed by atoms with Gasteiger partial charge in [-0.3, -0.25) is 0 Å². The number of hydrogen-bond acceptors (Lipinski definition) is 3. The van der Waals surface area contributed by atoms with Crippen molar-refractivity contribution in [1.82, 2.24) is 4.90 Å². The summed E-state index contributed by atoms with van der Waals surface area (Å²) in [7, 11) is 0. The third-order valence-corrected chi connectivity index (χ3v) is 3.62. The van der Waals surface area contributed by atoms with Crippen molar-refractivity contribution >= 4 is 0 Å². The highest BCUT2D eigenvalue weighted by molar-refractivity contribution is 4.82. The van der Waals surface area contributed by atoms with Crippen LogP contribution in [-0.4, -0.2) is 47.5 Å². The average Bonchev–Trinajstić information content (AvgIpc) is 2.17. The van der Waals surface area contributed by atoms with E-state index in [1.165, 1.54) is 6.42 Å². The van der Waals surface area contributed by atoms with Gasteiger partial charge in [-0.05, 0) is 32.2 Å². The van der Waals surface area contributed by atoms with Crippen LogP contribution in [0.15, 0.2) is 0 Å². The fraction of sp³-hybridized carbons (Fsp3) is 1.00. The lowest BCUT2D eigenvalue weighted by Gasteiger charge is -2.38. The fourth-order valence-electron chi connectivity index (χ4n) is 2.15. The van der Waals surface area contributed by atoms with Gasteiger partial charge in [0.1, 0.15) is 0 Å². The lowest BCUT2D eigenvalue weighted by Crippen LogP contribution is -2.45. The van der Waals surface area contributed by atoms with Gasteiger partial charge in [-0.15, -0.1) is 0 Å². The summed E-state index contributed by atoms with van der Waals surface area (Å²) in [5.74, 6) is 0.434. The Morgan fingerprint density at radius 3 is 2.67 bits per heavy atom. The van der Waals surface area contributed by atoms with Gasteiger partial charge in [0.15, 0.2) is 0 Å². The predicted octanol–water partition coefficient (Wildman–Crippen LogP) is 1.10. The SMILES string of the molecule is CC(O)C(C)(C)CN1CCCC(CO)C1. The molecule has 2 unspecified atom stereocenters. The molecule has 2 N–H and O–H groups in total. The van der Waals surface area contributed by atoms with Crippen molar-refractivity contribution in [2.45, 2.75) is 39.7 Å². The highest BCUT2D eigenvalue weighted by Gasteiger charge is 2.29. The van der Waals surface area contributed by atoms with Crippen molar-refractivity contribution in [3.8, 4) is 0 Å². The molecule has 0 spiro atoms. The van der Waals surface area contributed by atoms with Crippen molar-refractivity contribution in [3.05, 3.63) is 0 Å². The van der Waals surface area contributed by atoms with Crippen LogP contribution in [0, 0.1) is 11.3 Å². The van der Waals surface area contributed by atoms with Crippen LogP contribution in [-0.2, 0) is 0 Å². The first-order valence-electron chi connectivity index (χ1n) is 5.97. The van der Waals surface area contributed by atoms with E-state index in [1.54, 1.807) is 0 Å². The molecular weight excluding hydrogens is 190 g/mol. The molecule has 0 aromatic heterocycles. The maximum atomic E-state index is 9.66. The Morgan fingerprint density at radius 2 is 2.13 bits per heavy atom. The van der Waals surface area contributed by atoms with E-state index >= 15 is 0 Å². The summed E-state index contributed by atoms with van der Waals surface area (Å²) in [6.07, 6.45) is 2.02. The molecule has 0 radical (unpaired) electrons. The number of piperidine rings is 1. The smallest absolute Gasteiger partial charge is 0.0575 e. The molecule has 3 heteroatoms. The van der Waals surface area contributed by atoms with Crippen LogP contribution >= 0.6 is 0 Å². The van der Waals surface area contributed by atoms with Crippen LogP contribution in [0.25, 0.3) is 0 Å². The van der Waals surface area contributed by atoms with Crippen molar-refractivity contribution in [2.75, 3.05) is 26.2 Å². The third-order valence-electron chi connectivity index (χ3n) is 3.62. The van der Waals surface area contributed by atoms with Crippen LogP contribution in [0.2, 0.25) is 0 Å². The molecule has 1 aliphatic heterocycles. The molecule has 1 aliphatic rings. The van der Waals surface area contributed by atoms with E-state index in [9.17, 15) is 5.11 Å². The molecule has 0 aliphatic carbocycles. The van der Waals surface area contributed by atoms with Gasteiger partial charge in [-0.25, -0.2) is 0 Å². The third kappa shape index (κ3) is 3.74. The van der Waals surface area contributed by atoms with E-state index in [4.69, 9.17) is 5.11 Å². The molecule has 1 heterocycles. The molecule has 1 saturated heterocycles. The van der Waals surface area contributed by atoms with Crippen LogP contribution in [0.5, 0.6) is 0 Å². The van der Waals surface area contributed by atoms with Crippen LogP contribution in [0.3, 0.4) is 0 Å². The molecule has 0 saturated carbocycles. The van der Waals surface area contributed by atoms with Crippen molar-refractivity contribution in [1.29, 1.82) is 0 Å². The second kappa shape index (κ2) is 5.28. The molecule has 0 aromatic rings. The Hall–Kier alpha value is -0.120. The summed E-state index contributed by atoms with van der Waals surface area (Å²) in [5.41, 5.74) is -0.0582. The van der Waals surface area contributed by atoms with Gasteiger partial charge in [-0.1, -0.05) is 13.8 Å². The number of nitrogens with zero attached hydrogens (tertiary/aromatic N) is 1. The molecular formula is C12H25NO2. The Morgan fingerprint density at radius 1 is 1.47 bits per heavy atom. The number of aliphatic hydroxyl groups is 2. The second-order valence-electron chi connectivity index (χ2n) is 5.59. The summed E-state index contributed by atoms with van der Waals surface area (Å²) in [6, 6.07) is 0. The zero-order valence-corrected chi connectivity index (χ0v) is 10.2. The lowest BCUT2D eigenvalue weighted by atomic mass is 9.85. The van der Waals surface area contributed by atoms with Crippen molar-refractivity contribution in [2.24, 2.45) is 11.3 Å². The van der Waals surface area contributed by atoms with E-state index in [1.807, 2.05) is 6.92 Å². The average molecular weight is 215 g/mol. The molecule has 15 heavy (non-hydrogen) atoms. The molecule has 2 atom stereocenters. The summed E-state index contributed by atoms with van der Waals surface area (Å²) >= 11 is 0. The molecule has 0 amide bonds. The first kappa shape index (κ1) is 12.9. The van der Waals surface area contributed by atoms with Crippen LogP contribution < -0.4 is 0 Å². The predicted molar refractivity (Wildman–Crippen MR) is 61.7 cm³/mol. The fourth-order valence-corrected chi connectivity index (χ4v) is 2.15. The molecule has 0 bridgehead atoms. The van der Waals surface area contributed by atoms with Gasteiger partial charge < -0.3 is 15.1 Å². The largest absolute Gasteiger partial charge is 0.396 e. The lowest BCUT2D eigenvalue weighted by molar-refractivity contribution is 0.0171. The Balaban J connectivity index is 2.44. The monoisotopic (exact) mass is 215 g/mol. The molecule has 90 valence electrons. The summed E-state index contributed by atoms with van der Waals surface area (Å²) < 4.78 is 0. The second-order valence-corrected chi connectivity index (χ2v) is 5.59. The maximum Gasteiger partial charge on any atom is 0.0575 e. The van der Waals surface area contributed by atoms with E-state index in [0.29, 0.717) is 12.5 Å². The summed E-state index contributed by atoms with van der Waals surface area (Å²) in [4.78, 5) is 2.37. The standard InChI is InChI=1S/C12H25NO2/c1-10(15)12(2,3)9-13-6-4-5-11(7-13)8-14/h10-11,14-15H,4-9H2,1-3H3. The maximum absolute atomic E-state index is 9.66. The van der Waals surface area contributed by atoms with Gasteiger partial charge in [0.2, 0.25) is 0 Å². The molecule has 1 fully saturated rings. The highest BCUT2D eigenvalue weighted by Crippen LogP contribution is 2.25. The van der Waals surface area contributed by atoms with Gasteiger partial charge in [0, 0.05) is 25.1 Å². The van der Waals surface area contributed by atoms with E-state index in [2.05, 4.69) is 18.7 Å². The van der Waals surface area contributed by atoms with Crippen molar-refractivity contribution in [3.63, 3.8) is 0 Å². The minimum absolute atomic E-state index is 0.0582.